The summed E-state index contributed by atoms with van der Waals surface area (Å²) in [4.78, 5) is 27.4. The molecule has 0 unspecified atom stereocenters. The van der Waals surface area contributed by atoms with Crippen LogP contribution in [0.5, 0.6) is 0 Å². The van der Waals surface area contributed by atoms with Gasteiger partial charge in [0, 0.05) is 32.5 Å². The van der Waals surface area contributed by atoms with Crippen molar-refractivity contribution in [2.24, 2.45) is 17.6 Å². The number of rotatable bonds is 3. The van der Waals surface area contributed by atoms with Gasteiger partial charge < -0.3 is 10.6 Å². The first-order valence-corrected chi connectivity index (χ1v) is 7.80. The maximum absolute atomic E-state index is 12.1. The molecule has 0 radical (unpaired) electrons. The van der Waals surface area contributed by atoms with Gasteiger partial charge in [-0.2, -0.15) is 0 Å². The molecule has 0 spiro atoms. The van der Waals surface area contributed by atoms with Gasteiger partial charge in [0.25, 0.3) is 0 Å². The van der Waals surface area contributed by atoms with Gasteiger partial charge >= 0.3 is 0 Å². The van der Waals surface area contributed by atoms with Crippen LogP contribution in [0.1, 0.15) is 24.1 Å². The lowest BCUT2D eigenvalue weighted by atomic mass is 9.87. The standard InChI is InChI=1S/C17H23N3O2/c1-11-5-3-4-6-14(11)17-15-9-19(10-16(18)22)7-13(15)8-20(17)12(2)21/h3-6,13,15,17H,7-10H2,1-2H3,(H2,18,22)/t13-,15-,17-/m1/s1. The number of nitrogens with two attached hydrogens (primary N) is 1. The zero-order chi connectivity index (χ0) is 15.9. The van der Waals surface area contributed by atoms with Gasteiger partial charge in [0.15, 0.2) is 0 Å². The zero-order valence-electron chi connectivity index (χ0n) is 13.2. The molecule has 1 aromatic carbocycles. The molecular formula is C17H23N3O2. The molecule has 2 amide bonds. The Kier molecular flexibility index (Phi) is 3.91. The van der Waals surface area contributed by atoms with Gasteiger partial charge in [-0.05, 0) is 24.0 Å². The van der Waals surface area contributed by atoms with Crippen molar-refractivity contribution >= 4 is 11.8 Å². The molecule has 22 heavy (non-hydrogen) atoms. The van der Waals surface area contributed by atoms with Crippen molar-refractivity contribution in [2.75, 3.05) is 26.2 Å². The summed E-state index contributed by atoms with van der Waals surface area (Å²) in [5, 5.41) is 0. The lowest BCUT2D eigenvalue weighted by Gasteiger charge is -2.30. The van der Waals surface area contributed by atoms with Crippen LogP contribution in [0.4, 0.5) is 0 Å². The number of nitrogens with zero attached hydrogens (tertiary/aromatic N) is 2. The largest absolute Gasteiger partial charge is 0.369 e. The number of aryl methyl sites for hydroxylation is 1. The summed E-state index contributed by atoms with van der Waals surface area (Å²) < 4.78 is 0. The van der Waals surface area contributed by atoms with Crippen molar-refractivity contribution in [3.05, 3.63) is 35.4 Å². The minimum Gasteiger partial charge on any atom is -0.369 e. The van der Waals surface area contributed by atoms with Gasteiger partial charge in [0.1, 0.15) is 0 Å². The highest BCUT2D eigenvalue weighted by atomic mass is 16.2. The topological polar surface area (TPSA) is 66.6 Å². The second-order valence-corrected chi connectivity index (χ2v) is 6.56. The van der Waals surface area contributed by atoms with Crippen LogP contribution in [-0.4, -0.2) is 47.8 Å². The van der Waals surface area contributed by atoms with Crippen LogP contribution in [-0.2, 0) is 9.59 Å². The molecule has 0 bridgehead atoms. The summed E-state index contributed by atoms with van der Waals surface area (Å²) in [6.07, 6.45) is 0. The van der Waals surface area contributed by atoms with Crippen molar-refractivity contribution in [2.45, 2.75) is 19.9 Å². The third kappa shape index (κ3) is 2.61. The summed E-state index contributed by atoms with van der Waals surface area (Å²) in [6, 6.07) is 8.38. The average Bonchev–Trinajstić information content (AvgIpc) is 2.95. The molecule has 3 atom stereocenters. The van der Waals surface area contributed by atoms with E-state index in [0.29, 0.717) is 18.4 Å². The second-order valence-electron chi connectivity index (χ2n) is 6.56. The lowest BCUT2D eigenvalue weighted by Crippen LogP contribution is -2.37. The van der Waals surface area contributed by atoms with Gasteiger partial charge in [-0.25, -0.2) is 0 Å². The number of amides is 2. The highest BCUT2D eigenvalue weighted by molar-refractivity contribution is 5.76. The van der Waals surface area contributed by atoms with Crippen LogP contribution in [0.25, 0.3) is 0 Å². The van der Waals surface area contributed by atoms with Crippen molar-refractivity contribution in [3.8, 4) is 0 Å². The Labute approximate surface area is 131 Å². The lowest BCUT2D eigenvalue weighted by molar-refractivity contribution is -0.130. The SMILES string of the molecule is CC(=O)N1C[C@H]2CN(CC(N)=O)C[C@H]2[C@H]1c1ccccc1C. The van der Waals surface area contributed by atoms with E-state index < -0.39 is 0 Å². The highest BCUT2D eigenvalue weighted by Crippen LogP contribution is 2.45. The average molecular weight is 301 g/mol. The Morgan fingerprint density at radius 1 is 1.23 bits per heavy atom. The third-order valence-electron chi connectivity index (χ3n) is 5.03. The number of benzene rings is 1. The van der Waals surface area contributed by atoms with Crippen LogP contribution in [0, 0.1) is 18.8 Å². The molecule has 0 aromatic heterocycles. The molecule has 2 fully saturated rings. The Balaban J connectivity index is 1.89. The number of carbonyl (C=O) groups excluding carboxylic acids is 2. The van der Waals surface area contributed by atoms with E-state index in [1.165, 1.54) is 11.1 Å². The second kappa shape index (κ2) is 5.72. The van der Waals surface area contributed by atoms with E-state index in [1.807, 2.05) is 17.0 Å². The van der Waals surface area contributed by atoms with E-state index >= 15 is 0 Å². The number of likely N-dealkylation sites (tertiary alicyclic amines) is 2. The van der Waals surface area contributed by atoms with E-state index in [4.69, 9.17) is 5.73 Å². The van der Waals surface area contributed by atoms with Crippen LogP contribution < -0.4 is 5.73 Å². The van der Waals surface area contributed by atoms with Crippen molar-refractivity contribution in [1.29, 1.82) is 0 Å². The predicted molar refractivity (Wildman–Crippen MR) is 83.9 cm³/mol. The van der Waals surface area contributed by atoms with Crippen molar-refractivity contribution < 1.29 is 9.59 Å². The minimum atomic E-state index is -0.282. The molecule has 5 heteroatoms. The normalized spacial score (nSPS) is 27.9. The first-order valence-electron chi connectivity index (χ1n) is 7.80. The Bertz CT molecular complexity index is 601. The number of primary amides is 1. The molecule has 2 heterocycles. The summed E-state index contributed by atoms with van der Waals surface area (Å²) >= 11 is 0. The first-order chi connectivity index (χ1) is 10.5. The predicted octanol–water partition coefficient (Wildman–Crippen LogP) is 0.932. The summed E-state index contributed by atoms with van der Waals surface area (Å²) in [5.74, 6) is 0.650. The van der Waals surface area contributed by atoms with Gasteiger partial charge in [-0.15, -0.1) is 0 Å². The molecule has 0 saturated carbocycles. The molecule has 2 N–H and O–H groups in total. The van der Waals surface area contributed by atoms with E-state index in [0.717, 1.165) is 19.6 Å². The molecule has 118 valence electrons. The van der Waals surface area contributed by atoms with Crippen molar-refractivity contribution in [3.63, 3.8) is 0 Å². The van der Waals surface area contributed by atoms with Crippen LogP contribution in [0.3, 0.4) is 0 Å². The summed E-state index contributed by atoms with van der Waals surface area (Å²) in [5.41, 5.74) is 7.77. The number of hydrogen-bond acceptors (Lipinski definition) is 3. The molecule has 2 saturated heterocycles. The van der Waals surface area contributed by atoms with Gasteiger partial charge in [0.2, 0.25) is 11.8 Å². The van der Waals surface area contributed by atoms with Crippen LogP contribution in [0.2, 0.25) is 0 Å². The van der Waals surface area contributed by atoms with E-state index in [-0.39, 0.29) is 17.9 Å². The maximum atomic E-state index is 12.1. The molecule has 1 aromatic rings. The fourth-order valence-corrected chi connectivity index (χ4v) is 4.13. The maximum Gasteiger partial charge on any atom is 0.231 e. The quantitative estimate of drug-likeness (QED) is 0.903. The Morgan fingerprint density at radius 2 is 1.95 bits per heavy atom. The Hall–Kier alpha value is -1.88. The van der Waals surface area contributed by atoms with E-state index in [1.54, 1.807) is 6.92 Å². The summed E-state index contributed by atoms with van der Waals surface area (Å²) in [7, 11) is 0. The van der Waals surface area contributed by atoms with Gasteiger partial charge in [-0.1, -0.05) is 24.3 Å². The molecule has 2 aliphatic heterocycles. The monoisotopic (exact) mass is 301 g/mol. The van der Waals surface area contributed by atoms with E-state index in [2.05, 4.69) is 24.0 Å². The number of hydrogen-bond donors (Lipinski definition) is 1. The van der Waals surface area contributed by atoms with Crippen LogP contribution >= 0.6 is 0 Å². The molecule has 2 aliphatic rings. The van der Waals surface area contributed by atoms with E-state index in [9.17, 15) is 9.59 Å². The molecule has 3 rings (SSSR count). The summed E-state index contributed by atoms with van der Waals surface area (Å²) in [6.45, 7) is 6.50. The molecule has 5 nitrogen and oxygen atoms in total. The Morgan fingerprint density at radius 3 is 2.59 bits per heavy atom. The first kappa shape index (κ1) is 15.0. The van der Waals surface area contributed by atoms with Crippen LogP contribution in [0.15, 0.2) is 24.3 Å². The fourth-order valence-electron chi connectivity index (χ4n) is 4.13. The zero-order valence-corrected chi connectivity index (χ0v) is 13.2. The minimum absolute atomic E-state index is 0.113. The molecular weight excluding hydrogens is 278 g/mol. The third-order valence-corrected chi connectivity index (χ3v) is 5.03. The van der Waals surface area contributed by atoms with Gasteiger partial charge in [0.05, 0.1) is 12.6 Å². The smallest absolute Gasteiger partial charge is 0.231 e. The van der Waals surface area contributed by atoms with Crippen molar-refractivity contribution in [1.82, 2.24) is 9.80 Å². The van der Waals surface area contributed by atoms with Gasteiger partial charge in [-0.3, -0.25) is 14.5 Å². The number of carbonyl (C=O) groups is 2. The fraction of sp³-hybridized carbons (Fsp3) is 0.529. The highest BCUT2D eigenvalue weighted by Gasteiger charge is 2.48. The molecule has 0 aliphatic carbocycles. The number of fused-ring (bicyclic) bond motifs is 1.